The largest absolute Gasteiger partial charge is 0.377 e. The van der Waals surface area contributed by atoms with Gasteiger partial charge in [-0.1, -0.05) is 6.07 Å². The second-order valence-corrected chi connectivity index (χ2v) is 4.84. The fourth-order valence-electron chi connectivity index (χ4n) is 1.84. The number of rotatable bonds is 3. The van der Waals surface area contributed by atoms with Crippen molar-refractivity contribution in [1.29, 1.82) is 0 Å². The van der Waals surface area contributed by atoms with Crippen molar-refractivity contribution in [3.05, 3.63) is 22.4 Å². The second kappa shape index (κ2) is 5.43. The number of thiophene rings is 1. The normalized spacial score (nSPS) is 21.1. The molecule has 1 fully saturated rings. The lowest BCUT2D eigenvalue weighted by molar-refractivity contribution is -0.138. The molecule has 0 saturated carbocycles. The number of carbonyl (C=O) groups excluding carboxylic acids is 1. The number of amides is 1. The first-order valence-corrected chi connectivity index (χ1v) is 6.29. The summed E-state index contributed by atoms with van der Waals surface area (Å²) < 4.78 is 5.32. The third-order valence-corrected chi connectivity index (χ3v) is 3.60. The van der Waals surface area contributed by atoms with Crippen LogP contribution in [-0.2, 0) is 16.0 Å². The van der Waals surface area contributed by atoms with Gasteiger partial charge >= 0.3 is 0 Å². The van der Waals surface area contributed by atoms with E-state index < -0.39 is 0 Å². The van der Waals surface area contributed by atoms with E-state index in [0.29, 0.717) is 32.7 Å². The summed E-state index contributed by atoms with van der Waals surface area (Å²) >= 11 is 1.61. The number of morpholine rings is 1. The van der Waals surface area contributed by atoms with Gasteiger partial charge in [0.15, 0.2) is 0 Å². The Morgan fingerprint density at radius 2 is 2.56 bits per heavy atom. The van der Waals surface area contributed by atoms with Crippen molar-refractivity contribution in [2.45, 2.75) is 12.5 Å². The molecular weight excluding hydrogens is 224 g/mol. The summed E-state index contributed by atoms with van der Waals surface area (Å²) in [6.07, 6.45) is 0.480. The Morgan fingerprint density at radius 3 is 3.25 bits per heavy atom. The van der Waals surface area contributed by atoms with Gasteiger partial charge < -0.3 is 15.4 Å². The molecular formula is C11H16N2O2S. The number of carbonyl (C=O) groups is 1. The average Bonchev–Trinajstić information content (AvgIpc) is 2.81. The van der Waals surface area contributed by atoms with E-state index in [9.17, 15) is 4.79 Å². The molecule has 1 aliphatic rings. The Bertz CT molecular complexity index is 340. The molecule has 2 rings (SSSR count). The Labute approximate surface area is 99.0 Å². The van der Waals surface area contributed by atoms with Crippen molar-refractivity contribution in [3.8, 4) is 0 Å². The molecule has 2 heterocycles. The van der Waals surface area contributed by atoms with E-state index in [4.69, 9.17) is 10.5 Å². The maximum atomic E-state index is 12.1. The zero-order chi connectivity index (χ0) is 11.4. The molecule has 1 unspecified atom stereocenters. The molecule has 0 aliphatic carbocycles. The molecule has 1 saturated heterocycles. The van der Waals surface area contributed by atoms with E-state index in [0.717, 1.165) is 4.88 Å². The zero-order valence-electron chi connectivity index (χ0n) is 9.09. The van der Waals surface area contributed by atoms with Crippen LogP contribution in [0.4, 0.5) is 0 Å². The van der Waals surface area contributed by atoms with Crippen molar-refractivity contribution in [2.75, 3.05) is 26.3 Å². The topological polar surface area (TPSA) is 55.6 Å². The lowest BCUT2D eigenvalue weighted by Crippen LogP contribution is -2.52. The second-order valence-electron chi connectivity index (χ2n) is 3.81. The summed E-state index contributed by atoms with van der Waals surface area (Å²) in [6, 6.07) is 3.99. The fourth-order valence-corrected chi connectivity index (χ4v) is 2.54. The van der Waals surface area contributed by atoms with Gasteiger partial charge in [0.05, 0.1) is 25.7 Å². The Balaban J connectivity index is 1.97. The summed E-state index contributed by atoms with van der Waals surface area (Å²) in [4.78, 5) is 15.0. The van der Waals surface area contributed by atoms with Crippen molar-refractivity contribution in [3.63, 3.8) is 0 Å². The van der Waals surface area contributed by atoms with E-state index in [2.05, 4.69) is 0 Å². The number of nitrogens with two attached hydrogens (primary N) is 1. The lowest BCUT2D eigenvalue weighted by atomic mass is 10.2. The van der Waals surface area contributed by atoms with Gasteiger partial charge in [-0.2, -0.15) is 0 Å². The molecule has 1 aliphatic heterocycles. The number of nitrogens with zero attached hydrogens (tertiary/aromatic N) is 1. The average molecular weight is 240 g/mol. The molecule has 0 spiro atoms. The van der Waals surface area contributed by atoms with Crippen LogP contribution < -0.4 is 5.73 Å². The third kappa shape index (κ3) is 2.61. The molecule has 2 N–H and O–H groups in total. The van der Waals surface area contributed by atoms with Crippen LogP contribution in [0.5, 0.6) is 0 Å². The van der Waals surface area contributed by atoms with Crippen LogP contribution >= 0.6 is 11.3 Å². The predicted molar refractivity (Wildman–Crippen MR) is 63.4 cm³/mol. The molecule has 0 aromatic carbocycles. The highest BCUT2D eigenvalue weighted by Crippen LogP contribution is 2.13. The molecule has 1 aromatic heterocycles. The first-order chi connectivity index (χ1) is 7.81. The van der Waals surface area contributed by atoms with Gasteiger partial charge in [-0.3, -0.25) is 4.79 Å². The van der Waals surface area contributed by atoms with Crippen molar-refractivity contribution in [2.24, 2.45) is 5.73 Å². The monoisotopic (exact) mass is 240 g/mol. The van der Waals surface area contributed by atoms with Crippen LogP contribution in [0.3, 0.4) is 0 Å². The minimum Gasteiger partial charge on any atom is -0.377 e. The molecule has 0 bridgehead atoms. The summed E-state index contributed by atoms with van der Waals surface area (Å²) in [7, 11) is 0. The standard InChI is InChI=1S/C11H16N2O2S/c12-7-9-8-15-4-3-13(9)11(14)6-10-2-1-5-16-10/h1-2,5,9H,3-4,6-8,12H2. The minimum absolute atomic E-state index is 0.0428. The third-order valence-electron chi connectivity index (χ3n) is 2.73. The van der Waals surface area contributed by atoms with Gasteiger partial charge in [0.2, 0.25) is 5.91 Å². The lowest BCUT2D eigenvalue weighted by Gasteiger charge is -2.34. The smallest absolute Gasteiger partial charge is 0.228 e. The predicted octanol–water partition coefficient (Wildman–Crippen LogP) is 0.477. The van der Waals surface area contributed by atoms with Crippen molar-refractivity contribution >= 4 is 17.2 Å². The summed E-state index contributed by atoms with van der Waals surface area (Å²) in [5, 5.41) is 1.99. The Hall–Kier alpha value is -0.910. The van der Waals surface area contributed by atoms with E-state index in [1.165, 1.54) is 0 Å². The van der Waals surface area contributed by atoms with E-state index >= 15 is 0 Å². The van der Waals surface area contributed by atoms with Crippen LogP contribution in [0.15, 0.2) is 17.5 Å². The van der Waals surface area contributed by atoms with Crippen LogP contribution in [0, 0.1) is 0 Å². The molecule has 16 heavy (non-hydrogen) atoms. The fraction of sp³-hybridized carbons (Fsp3) is 0.545. The summed E-state index contributed by atoms with van der Waals surface area (Å²) in [6.45, 7) is 2.31. The zero-order valence-corrected chi connectivity index (χ0v) is 9.91. The molecule has 5 heteroatoms. The highest BCUT2D eigenvalue weighted by Gasteiger charge is 2.26. The molecule has 1 aromatic rings. The quantitative estimate of drug-likeness (QED) is 0.836. The van der Waals surface area contributed by atoms with E-state index in [1.54, 1.807) is 11.3 Å². The first-order valence-electron chi connectivity index (χ1n) is 5.41. The SMILES string of the molecule is NCC1COCCN1C(=O)Cc1cccs1. The number of hydrogen-bond acceptors (Lipinski definition) is 4. The molecule has 1 amide bonds. The van der Waals surface area contributed by atoms with Crippen LogP contribution in [0.2, 0.25) is 0 Å². The molecule has 1 atom stereocenters. The maximum Gasteiger partial charge on any atom is 0.228 e. The van der Waals surface area contributed by atoms with Gasteiger partial charge in [0, 0.05) is 18.0 Å². The van der Waals surface area contributed by atoms with Crippen molar-refractivity contribution in [1.82, 2.24) is 4.90 Å². The maximum absolute atomic E-state index is 12.1. The van der Waals surface area contributed by atoms with Gasteiger partial charge in [0.1, 0.15) is 0 Å². The molecule has 4 nitrogen and oxygen atoms in total. The van der Waals surface area contributed by atoms with E-state index in [1.807, 2.05) is 22.4 Å². The first kappa shape index (κ1) is 11.6. The van der Waals surface area contributed by atoms with Crippen molar-refractivity contribution < 1.29 is 9.53 Å². The number of hydrogen-bond donors (Lipinski definition) is 1. The summed E-state index contributed by atoms with van der Waals surface area (Å²) in [5.74, 6) is 0.154. The van der Waals surface area contributed by atoms with Crippen LogP contribution in [0.25, 0.3) is 0 Å². The number of ether oxygens (including phenoxy) is 1. The van der Waals surface area contributed by atoms with Crippen LogP contribution in [-0.4, -0.2) is 43.2 Å². The highest BCUT2D eigenvalue weighted by atomic mass is 32.1. The van der Waals surface area contributed by atoms with Crippen LogP contribution in [0.1, 0.15) is 4.88 Å². The molecule has 0 radical (unpaired) electrons. The van der Waals surface area contributed by atoms with Gasteiger partial charge in [0.25, 0.3) is 0 Å². The molecule has 88 valence electrons. The van der Waals surface area contributed by atoms with Gasteiger partial charge in [-0.25, -0.2) is 0 Å². The van der Waals surface area contributed by atoms with Gasteiger partial charge in [-0.05, 0) is 11.4 Å². The Morgan fingerprint density at radius 1 is 1.69 bits per heavy atom. The van der Waals surface area contributed by atoms with Gasteiger partial charge in [-0.15, -0.1) is 11.3 Å². The minimum atomic E-state index is 0.0428. The van der Waals surface area contributed by atoms with E-state index in [-0.39, 0.29) is 11.9 Å². The highest BCUT2D eigenvalue weighted by molar-refractivity contribution is 7.10. The Kier molecular flexibility index (Phi) is 3.93. The summed E-state index contributed by atoms with van der Waals surface area (Å²) in [5.41, 5.74) is 5.63.